The van der Waals surface area contributed by atoms with Crippen molar-refractivity contribution >= 4 is 23.4 Å². The molecule has 1 aliphatic heterocycles. The first-order chi connectivity index (χ1) is 11.4. The summed E-state index contributed by atoms with van der Waals surface area (Å²) in [7, 11) is 0. The number of carbonyl (C=O) groups is 1. The van der Waals surface area contributed by atoms with E-state index in [1.807, 2.05) is 38.1 Å². The van der Waals surface area contributed by atoms with Gasteiger partial charge in [-0.05, 0) is 37.6 Å². The van der Waals surface area contributed by atoms with E-state index in [2.05, 4.69) is 6.58 Å². The lowest BCUT2D eigenvalue weighted by Crippen LogP contribution is -2.38. The van der Waals surface area contributed by atoms with Crippen molar-refractivity contribution in [2.24, 2.45) is 0 Å². The molecule has 0 bridgehead atoms. The Balaban J connectivity index is 2.04. The van der Waals surface area contributed by atoms with Gasteiger partial charge in [-0.15, -0.1) is 0 Å². The monoisotopic (exact) mass is 320 g/mol. The summed E-state index contributed by atoms with van der Waals surface area (Å²) >= 11 is 0. The number of fused-ring (bicyclic) bond motifs is 1. The molecule has 0 saturated heterocycles. The van der Waals surface area contributed by atoms with Crippen LogP contribution in [0.3, 0.4) is 0 Å². The molecule has 4 heteroatoms. The average Bonchev–Trinajstić information content (AvgIpc) is 2.53. The molecule has 0 spiro atoms. The van der Waals surface area contributed by atoms with Crippen LogP contribution in [0.5, 0.6) is 5.75 Å². The first kappa shape index (κ1) is 15.9. The van der Waals surface area contributed by atoms with E-state index in [4.69, 9.17) is 10.5 Å². The Morgan fingerprint density at radius 3 is 2.62 bits per heavy atom. The minimum Gasteiger partial charge on any atom is -0.449 e. The van der Waals surface area contributed by atoms with Gasteiger partial charge in [-0.2, -0.15) is 0 Å². The van der Waals surface area contributed by atoms with Crippen molar-refractivity contribution in [2.75, 3.05) is 17.2 Å². The second-order valence-electron chi connectivity index (χ2n) is 6.10. The van der Waals surface area contributed by atoms with Crippen LogP contribution in [0.25, 0.3) is 6.08 Å². The summed E-state index contributed by atoms with van der Waals surface area (Å²) in [5, 5.41) is 0. The lowest BCUT2D eigenvalue weighted by atomic mass is 10.1. The van der Waals surface area contributed by atoms with E-state index in [0.29, 0.717) is 23.7 Å². The maximum atomic E-state index is 12.8. The standard InChI is InChI=1S/C20H20N2O2/c1-13(2)12-22-17-9-8-16(21)11-18(17)24-19(20(22)23)10-15-6-4-14(3)5-7-15/h4-11H,1,12,21H2,2-3H3/b19-10+. The molecule has 0 saturated carbocycles. The highest BCUT2D eigenvalue weighted by Crippen LogP contribution is 2.37. The fourth-order valence-corrected chi connectivity index (χ4v) is 2.57. The summed E-state index contributed by atoms with van der Waals surface area (Å²) in [6, 6.07) is 13.2. The van der Waals surface area contributed by atoms with E-state index < -0.39 is 0 Å². The SMILES string of the molecule is C=C(C)CN1C(=O)/C(=C\c2ccc(C)cc2)Oc2cc(N)ccc21. The van der Waals surface area contributed by atoms with E-state index >= 15 is 0 Å². The van der Waals surface area contributed by atoms with Crippen LogP contribution in [-0.4, -0.2) is 12.5 Å². The molecule has 0 atom stereocenters. The molecular formula is C20H20N2O2. The van der Waals surface area contributed by atoms with Crippen LogP contribution < -0.4 is 15.4 Å². The summed E-state index contributed by atoms with van der Waals surface area (Å²) in [5.74, 6) is 0.670. The molecule has 122 valence electrons. The first-order valence-electron chi connectivity index (χ1n) is 7.76. The van der Waals surface area contributed by atoms with Gasteiger partial charge in [0, 0.05) is 18.3 Å². The molecule has 0 fully saturated rings. The van der Waals surface area contributed by atoms with Crippen molar-refractivity contribution in [3.63, 3.8) is 0 Å². The van der Waals surface area contributed by atoms with E-state index in [1.54, 1.807) is 29.2 Å². The molecule has 2 aromatic carbocycles. The maximum Gasteiger partial charge on any atom is 0.294 e. The third-order valence-corrected chi connectivity index (χ3v) is 3.75. The Bertz CT molecular complexity index is 835. The number of ether oxygens (including phenoxy) is 1. The van der Waals surface area contributed by atoms with Crippen molar-refractivity contribution in [3.05, 3.63) is 71.5 Å². The normalized spacial score (nSPS) is 15.2. The quantitative estimate of drug-likeness (QED) is 0.530. The lowest BCUT2D eigenvalue weighted by molar-refractivity contribution is -0.117. The molecule has 1 aliphatic rings. The zero-order chi connectivity index (χ0) is 17.3. The number of nitrogen functional groups attached to an aromatic ring is 1. The van der Waals surface area contributed by atoms with Gasteiger partial charge in [0.15, 0.2) is 11.5 Å². The van der Waals surface area contributed by atoms with Crippen LogP contribution in [0.4, 0.5) is 11.4 Å². The van der Waals surface area contributed by atoms with Crippen LogP contribution in [0, 0.1) is 6.92 Å². The van der Waals surface area contributed by atoms with Crippen LogP contribution in [0.2, 0.25) is 0 Å². The number of hydrogen-bond donors (Lipinski definition) is 1. The first-order valence-corrected chi connectivity index (χ1v) is 7.76. The molecule has 2 N–H and O–H groups in total. The number of nitrogens with two attached hydrogens (primary N) is 1. The Morgan fingerprint density at radius 1 is 1.25 bits per heavy atom. The molecule has 24 heavy (non-hydrogen) atoms. The molecule has 0 unspecified atom stereocenters. The summed E-state index contributed by atoms with van der Waals surface area (Å²) in [6.45, 7) is 8.26. The van der Waals surface area contributed by atoms with E-state index in [9.17, 15) is 4.79 Å². The van der Waals surface area contributed by atoms with Crippen molar-refractivity contribution in [1.82, 2.24) is 0 Å². The van der Waals surface area contributed by atoms with E-state index in [0.717, 1.165) is 16.7 Å². The smallest absolute Gasteiger partial charge is 0.294 e. The van der Waals surface area contributed by atoms with Crippen LogP contribution >= 0.6 is 0 Å². The summed E-state index contributed by atoms with van der Waals surface area (Å²) in [4.78, 5) is 14.5. The molecule has 4 nitrogen and oxygen atoms in total. The third kappa shape index (κ3) is 3.18. The molecule has 0 aromatic heterocycles. The second-order valence-corrected chi connectivity index (χ2v) is 6.10. The Labute approximate surface area is 141 Å². The van der Waals surface area contributed by atoms with Gasteiger partial charge in [0.1, 0.15) is 0 Å². The van der Waals surface area contributed by atoms with Crippen LogP contribution in [-0.2, 0) is 4.79 Å². The average molecular weight is 320 g/mol. The topological polar surface area (TPSA) is 55.6 Å². The number of rotatable bonds is 3. The highest BCUT2D eigenvalue weighted by atomic mass is 16.5. The van der Waals surface area contributed by atoms with Gasteiger partial charge in [0.05, 0.1) is 5.69 Å². The largest absolute Gasteiger partial charge is 0.449 e. The molecule has 3 rings (SSSR count). The predicted octanol–water partition coefficient (Wildman–Crippen LogP) is 3.92. The van der Waals surface area contributed by atoms with E-state index in [1.165, 1.54) is 0 Å². The van der Waals surface area contributed by atoms with Crippen LogP contribution in [0.15, 0.2) is 60.4 Å². The Kier molecular flexibility index (Phi) is 4.13. The summed E-state index contributed by atoms with van der Waals surface area (Å²) in [5.41, 5.74) is 10.1. The van der Waals surface area contributed by atoms with Gasteiger partial charge < -0.3 is 10.5 Å². The zero-order valence-corrected chi connectivity index (χ0v) is 13.9. The predicted molar refractivity (Wildman–Crippen MR) is 97.8 cm³/mol. The van der Waals surface area contributed by atoms with Gasteiger partial charge in [0.2, 0.25) is 0 Å². The molecule has 0 radical (unpaired) electrons. The third-order valence-electron chi connectivity index (χ3n) is 3.75. The molecule has 0 aliphatic carbocycles. The van der Waals surface area contributed by atoms with Gasteiger partial charge in [-0.25, -0.2) is 0 Å². The number of hydrogen-bond acceptors (Lipinski definition) is 3. The number of carbonyl (C=O) groups excluding carboxylic acids is 1. The number of amides is 1. The zero-order valence-electron chi connectivity index (χ0n) is 13.9. The van der Waals surface area contributed by atoms with Crippen LogP contribution in [0.1, 0.15) is 18.1 Å². The van der Waals surface area contributed by atoms with Crippen molar-refractivity contribution < 1.29 is 9.53 Å². The second kappa shape index (κ2) is 6.24. The van der Waals surface area contributed by atoms with E-state index in [-0.39, 0.29) is 11.7 Å². The molecule has 1 amide bonds. The fourth-order valence-electron chi connectivity index (χ4n) is 2.57. The molecule has 2 aromatic rings. The number of nitrogens with zero attached hydrogens (tertiary/aromatic N) is 1. The highest BCUT2D eigenvalue weighted by molar-refractivity contribution is 6.10. The number of anilines is 2. The Hall–Kier alpha value is -3.01. The number of benzene rings is 2. The van der Waals surface area contributed by atoms with Gasteiger partial charge >= 0.3 is 0 Å². The lowest BCUT2D eigenvalue weighted by Gasteiger charge is -2.30. The Morgan fingerprint density at radius 2 is 1.96 bits per heavy atom. The highest BCUT2D eigenvalue weighted by Gasteiger charge is 2.30. The minimum absolute atomic E-state index is 0.184. The van der Waals surface area contributed by atoms with Gasteiger partial charge in [-0.3, -0.25) is 9.69 Å². The number of aryl methyl sites for hydroxylation is 1. The summed E-state index contributed by atoms with van der Waals surface area (Å²) < 4.78 is 5.83. The maximum absolute atomic E-state index is 12.8. The fraction of sp³-hybridized carbons (Fsp3) is 0.150. The van der Waals surface area contributed by atoms with Gasteiger partial charge in [0.25, 0.3) is 5.91 Å². The minimum atomic E-state index is -0.184. The molecular weight excluding hydrogens is 300 g/mol. The molecule has 1 heterocycles. The van der Waals surface area contributed by atoms with Gasteiger partial charge in [-0.1, -0.05) is 42.0 Å². The van der Waals surface area contributed by atoms with Crippen molar-refractivity contribution in [3.8, 4) is 5.75 Å². The summed E-state index contributed by atoms with van der Waals surface area (Å²) in [6.07, 6.45) is 1.75. The van der Waals surface area contributed by atoms with Crippen molar-refractivity contribution in [1.29, 1.82) is 0 Å². The van der Waals surface area contributed by atoms with Crippen molar-refractivity contribution in [2.45, 2.75) is 13.8 Å².